The van der Waals surface area contributed by atoms with Crippen molar-refractivity contribution in [3.8, 4) is 5.75 Å². The van der Waals surface area contributed by atoms with Gasteiger partial charge in [-0.25, -0.2) is 0 Å². The number of nitrogens with two attached hydrogens (primary N) is 1. The summed E-state index contributed by atoms with van der Waals surface area (Å²) in [7, 11) is 0. The van der Waals surface area contributed by atoms with E-state index >= 15 is 0 Å². The first-order valence-corrected chi connectivity index (χ1v) is 6.77. The monoisotopic (exact) mass is 279 g/mol. The molecule has 3 nitrogen and oxygen atoms in total. The Balaban J connectivity index is 2.28. The molecule has 1 atom stereocenters. The fourth-order valence-corrected chi connectivity index (χ4v) is 2.30. The van der Waals surface area contributed by atoms with Crippen molar-refractivity contribution in [2.24, 2.45) is 5.73 Å². The Kier molecular flexibility index (Phi) is 4.88. The minimum Gasteiger partial charge on any atom is -0.494 e. The van der Waals surface area contributed by atoms with Gasteiger partial charge < -0.3 is 14.9 Å². The molecule has 0 aliphatic carbocycles. The Bertz CT molecular complexity index is 511. The lowest BCUT2D eigenvalue weighted by atomic mass is 9.94. The molecule has 1 heterocycles. The Hall–Kier alpha value is -1.45. The van der Waals surface area contributed by atoms with Gasteiger partial charge in [0.2, 0.25) is 0 Å². The molecule has 1 aromatic carbocycles. The summed E-state index contributed by atoms with van der Waals surface area (Å²) < 4.78 is 11.0. The van der Waals surface area contributed by atoms with Gasteiger partial charge in [0.05, 0.1) is 12.9 Å². The summed E-state index contributed by atoms with van der Waals surface area (Å²) in [6.07, 6.45) is 2.41. The van der Waals surface area contributed by atoms with Crippen molar-refractivity contribution in [2.75, 3.05) is 13.2 Å². The van der Waals surface area contributed by atoms with Crippen molar-refractivity contribution < 1.29 is 9.15 Å². The van der Waals surface area contributed by atoms with Crippen LogP contribution in [0.2, 0.25) is 5.02 Å². The molecule has 0 amide bonds. The average molecular weight is 280 g/mol. The quantitative estimate of drug-likeness (QED) is 0.879. The highest BCUT2D eigenvalue weighted by atomic mass is 35.5. The van der Waals surface area contributed by atoms with Crippen LogP contribution in [0.5, 0.6) is 5.75 Å². The van der Waals surface area contributed by atoms with E-state index in [2.05, 4.69) is 0 Å². The van der Waals surface area contributed by atoms with E-state index in [-0.39, 0.29) is 5.92 Å². The third-order valence-corrected chi connectivity index (χ3v) is 3.26. The Morgan fingerprint density at radius 1 is 1.37 bits per heavy atom. The summed E-state index contributed by atoms with van der Waals surface area (Å²) in [6.45, 7) is 3.09. The van der Waals surface area contributed by atoms with E-state index in [4.69, 9.17) is 26.5 Å². The van der Waals surface area contributed by atoms with Crippen LogP contribution in [0.1, 0.15) is 24.2 Å². The van der Waals surface area contributed by atoms with E-state index in [0.29, 0.717) is 18.2 Å². The molecular formula is C15H18ClNO2. The molecule has 1 unspecified atom stereocenters. The molecule has 0 spiro atoms. The second kappa shape index (κ2) is 6.64. The van der Waals surface area contributed by atoms with Crippen LogP contribution >= 0.6 is 11.6 Å². The Morgan fingerprint density at radius 2 is 2.21 bits per heavy atom. The summed E-state index contributed by atoms with van der Waals surface area (Å²) in [5, 5.41) is 0.691. The minimum atomic E-state index is 0.131. The molecule has 0 radical (unpaired) electrons. The highest BCUT2D eigenvalue weighted by molar-refractivity contribution is 6.30. The maximum atomic E-state index is 6.08. The molecule has 0 aliphatic rings. The summed E-state index contributed by atoms with van der Waals surface area (Å²) in [5.41, 5.74) is 6.93. The Labute approximate surface area is 118 Å². The molecule has 0 saturated carbocycles. The summed E-state index contributed by atoms with van der Waals surface area (Å²) in [5.74, 6) is 1.89. The predicted octanol–water partition coefficient (Wildman–Crippen LogP) is 3.62. The van der Waals surface area contributed by atoms with Crippen LogP contribution in [-0.2, 0) is 6.42 Å². The second-order valence-electron chi connectivity index (χ2n) is 4.33. The standard InChI is InChI=1S/C15H18ClNO2/c1-2-18-15-6-5-12(16)9-14(15)11(10-17)8-13-4-3-7-19-13/h3-7,9,11H,2,8,10,17H2,1H3. The van der Waals surface area contributed by atoms with Crippen LogP contribution in [0.3, 0.4) is 0 Å². The Morgan fingerprint density at radius 3 is 2.84 bits per heavy atom. The third-order valence-electron chi connectivity index (χ3n) is 3.02. The summed E-state index contributed by atoms with van der Waals surface area (Å²) in [6, 6.07) is 9.48. The van der Waals surface area contributed by atoms with E-state index in [1.54, 1.807) is 6.26 Å². The number of ether oxygens (including phenoxy) is 1. The van der Waals surface area contributed by atoms with Gasteiger partial charge in [0.1, 0.15) is 11.5 Å². The van der Waals surface area contributed by atoms with Gasteiger partial charge in [-0.1, -0.05) is 11.6 Å². The summed E-state index contributed by atoms with van der Waals surface area (Å²) in [4.78, 5) is 0. The molecule has 2 aromatic rings. The zero-order valence-corrected chi connectivity index (χ0v) is 11.7. The summed E-state index contributed by atoms with van der Waals surface area (Å²) >= 11 is 6.08. The molecule has 102 valence electrons. The molecule has 19 heavy (non-hydrogen) atoms. The first kappa shape index (κ1) is 14.0. The van der Waals surface area contributed by atoms with Crippen LogP contribution in [-0.4, -0.2) is 13.2 Å². The van der Waals surface area contributed by atoms with Crippen LogP contribution in [0.4, 0.5) is 0 Å². The minimum absolute atomic E-state index is 0.131. The van der Waals surface area contributed by atoms with Crippen molar-refractivity contribution in [3.63, 3.8) is 0 Å². The molecular weight excluding hydrogens is 262 g/mol. The van der Waals surface area contributed by atoms with Gasteiger partial charge in [-0.05, 0) is 43.8 Å². The van der Waals surface area contributed by atoms with Crippen molar-refractivity contribution in [1.29, 1.82) is 0 Å². The van der Waals surface area contributed by atoms with Gasteiger partial charge in [0.25, 0.3) is 0 Å². The van der Waals surface area contributed by atoms with Crippen LogP contribution in [0, 0.1) is 0 Å². The molecule has 0 saturated heterocycles. The average Bonchev–Trinajstić information content (AvgIpc) is 2.91. The first-order valence-electron chi connectivity index (χ1n) is 6.39. The maximum absolute atomic E-state index is 6.08. The molecule has 0 bridgehead atoms. The first-order chi connectivity index (χ1) is 9.24. The second-order valence-corrected chi connectivity index (χ2v) is 4.77. The van der Waals surface area contributed by atoms with E-state index in [1.807, 2.05) is 37.3 Å². The van der Waals surface area contributed by atoms with Crippen molar-refractivity contribution >= 4 is 11.6 Å². The van der Waals surface area contributed by atoms with E-state index < -0.39 is 0 Å². The lowest BCUT2D eigenvalue weighted by Gasteiger charge is -2.18. The van der Waals surface area contributed by atoms with Crippen LogP contribution in [0.15, 0.2) is 41.0 Å². The lowest BCUT2D eigenvalue weighted by molar-refractivity contribution is 0.333. The third kappa shape index (κ3) is 3.52. The lowest BCUT2D eigenvalue weighted by Crippen LogP contribution is -2.16. The fraction of sp³-hybridized carbons (Fsp3) is 0.333. The van der Waals surface area contributed by atoms with Crippen molar-refractivity contribution in [1.82, 2.24) is 0 Å². The molecule has 2 N–H and O–H groups in total. The van der Waals surface area contributed by atoms with Crippen molar-refractivity contribution in [3.05, 3.63) is 52.9 Å². The largest absolute Gasteiger partial charge is 0.494 e. The van der Waals surface area contributed by atoms with Gasteiger partial charge in [0.15, 0.2) is 0 Å². The predicted molar refractivity (Wildman–Crippen MR) is 76.8 cm³/mol. The zero-order chi connectivity index (χ0) is 13.7. The van der Waals surface area contributed by atoms with Crippen molar-refractivity contribution in [2.45, 2.75) is 19.3 Å². The van der Waals surface area contributed by atoms with Gasteiger partial charge in [-0.3, -0.25) is 0 Å². The fourth-order valence-electron chi connectivity index (χ4n) is 2.12. The topological polar surface area (TPSA) is 48.4 Å². The highest BCUT2D eigenvalue weighted by Gasteiger charge is 2.17. The van der Waals surface area contributed by atoms with Gasteiger partial charge in [-0.2, -0.15) is 0 Å². The molecule has 1 aromatic heterocycles. The van der Waals surface area contributed by atoms with E-state index in [0.717, 1.165) is 23.5 Å². The van der Waals surface area contributed by atoms with Gasteiger partial charge in [0, 0.05) is 22.9 Å². The van der Waals surface area contributed by atoms with Crippen LogP contribution < -0.4 is 10.5 Å². The zero-order valence-electron chi connectivity index (χ0n) is 10.9. The van der Waals surface area contributed by atoms with E-state index in [1.165, 1.54) is 0 Å². The van der Waals surface area contributed by atoms with Crippen LogP contribution in [0.25, 0.3) is 0 Å². The maximum Gasteiger partial charge on any atom is 0.122 e. The van der Waals surface area contributed by atoms with E-state index in [9.17, 15) is 0 Å². The SMILES string of the molecule is CCOc1ccc(Cl)cc1C(CN)Cc1ccco1. The van der Waals surface area contributed by atoms with Gasteiger partial charge in [-0.15, -0.1) is 0 Å². The number of furan rings is 1. The number of rotatable bonds is 6. The number of hydrogen-bond acceptors (Lipinski definition) is 3. The number of halogens is 1. The normalized spacial score (nSPS) is 12.4. The van der Waals surface area contributed by atoms with Gasteiger partial charge >= 0.3 is 0 Å². The molecule has 0 fully saturated rings. The number of benzene rings is 1. The smallest absolute Gasteiger partial charge is 0.122 e. The number of hydrogen-bond donors (Lipinski definition) is 1. The molecule has 4 heteroatoms. The highest BCUT2D eigenvalue weighted by Crippen LogP contribution is 2.31. The molecule has 0 aliphatic heterocycles. The molecule has 2 rings (SSSR count).